The molecule has 2 rings (SSSR count). The van der Waals surface area contributed by atoms with Crippen LogP contribution in [0.4, 0.5) is 4.79 Å². The van der Waals surface area contributed by atoms with Gasteiger partial charge in [-0.15, -0.1) is 0 Å². The Labute approximate surface area is 142 Å². The van der Waals surface area contributed by atoms with E-state index in [1.165, 1.54) is 12.8 Å². The van der Waals surface area contributed by atoms with Gasteiger partial charge in [0.25, 0.3) is 0 Å². The summed E-state index contributed by atoms with van der Waals surface area (Å²) in [7, 11) is 0. The molecule has 134 valence electrons. The van der Waals surface area contributed by atoms with Gasteiger partial charge in [0.2, 0.25) is 0 Å². The fraction of sp³-hybridized carbons (Fsp3) is 0.947. The molecule has 4 heteroatoms. The number of carbonyl (C=O) groups is 1. The van der Waals surface area contributed by atoms with Crippen LogP contribution in [-0.4, -0.2) is 41.8 Å². The number of likely N-dealkylation sites (tertiary alicyclic amines) is 1. The molecule has 1 N–H and O–H groups in total. The van der Waals surface area contributed by atoms with Gasteiger partial charge in [-0.1, -0.05) is 13.8 Å². The van der Waals surface area contributed by atoms with Gasteiger partial charge in [0.15, 0.2) is 0 Å². The second-order valence-corrected chi connectivity index (χ2v) is 9.00. The zero-order valence-electron chi connectivity index (χ0n) is 15.9. The number of hydrogen-bond donors (Lipinski definition) is 1. The quantitative estimate of drug-likeness (QED) is 0.796. The molecule has 0 spiro atoms. The molecule has 0 bridgehead atoms. The summed E-state index contributed by atoms with van der Waals surface area (Å²) in [6.45, 7) is 14.7. The summed E-state index contributed by atoms with van der Waals surface area (Å²) in [5.41, 5.74) is 0.124. The summed E-state index contributed by atoms with van der Waals surface area (Å²) in [4.78, 5) is 14.3. The average molecular weight is 325 g/mol. The minimum absolute atomic E-state index is 0.145. The van der Waals surface area contributed by atoms with Gasteiger partial charge in [0.1, 0.15) is 5.60 Å². The maximum Gasteiger partial charge on any atom is 0.410 e. The van der Waals surface area contributed by atoms with E-state index in [9.17, 15) is 4.79 Å². The maximum atomic E-state index is 12.4. The Morgan fingerprint density at radius 2 is 1.96 bits per heavy atom. The highest BCUT2D eigenvalue weighted by atomic mass is 16.6. The third-order valence-electron chi connectivity index (χ3n) is 5.55. The average Bonchev–Trinajstić information content (AvgIpc) is 3.08. The van der Waals surface area contributed by atoms with Gasteiger partial charge in [0.05, 0.1) is 0 Å². The van der Waals surface area contributed by atoms with Crippen LogP contribution in [0.25, 0.3) is 0 Å². The Bertz CT molecular complexity index is 410. The zero-order chi connectivity index (χ0) is 17.3. The molecular weight excluding hydrogens is 288 g/mol. The minimum atomic E-state index is -0.413. The van der Waals surface area contributed by atoms with Crippen molar-refractivity contribution in [2.24, 2.45) is 11.3 Å². The molecule has 4 nitrogen and oxygen atoms in total. The first kappa shape index (κ1) is 18.6. The lowest BCUT2D eigenvalue weighted by Crippen LogP contribution is -2.43. The zero-order valence-corrected chi connectivity index (χ0v) is 15.9. The lowest BCUT2D eigenvalue weighted by Gasteiger charge is -2.31. The summed E-state index contributed by atoms with van der Waals surface area (Å²) in [5.74, 6) is 0.756. The minimum Gasteiger partial charge on any atom is -0.444 e. The van der Waals surface area contributed by atoms with Crippen molar-refractivity contribution in [3.8, 4) is 0 Å². The number of rotatable bonds is 6. The molecule has 2 aliphatic rings. The standard InChI is InChI=1S/C19H36N2O2/c1-14(2)19(9-10-19)13-20-15(3)12-16-8-7-11-21(16)17(22)23-18(4,5)6/h14-16,20H,7-13H2,1-6H3. The molecule has 0 radical (unpaired) electrons. The van der Waals surface area contributed by atoms with E-state index in [0.29, 0.717) is 17.5 Å². The fourth-order valence-electron chi connectivity index (χ4n) is 3.63. The van der Waals surface area contributed by atoms with Crippen molar-refractivity contribution >= 4 is 6.09 Å². The third kappa shape index (κ3) is 5.10. The number of ether oxygens (including phenoxy) is 1. The van der Waals surface area contributed by atoms with Gasteiger partial charge in [-0.3, -0.25) is 0 Å². The lowest BCUT2D eigenvalue weighted by molar-refractivity contribution is 0.0214. The Balaban J connectivity index is 1.80. The van der Waals surface area contributed by atoms with Crippen LogP contribution in [0.15, 0.2) is 0 Å². The van der Waals surface area contributed by atoms with Crippen molar-refractivity contribution in [1.82, 2.24) is 10.2 Å². The summed E-state index contributed by atoms with van der Waals surface area (Å²) in [6.07, 6.45) is 5.78. The van der Waals surface area contributed by atoms with E-state index >= 15 is 0 Å². The first-order valence-corrected chi connectivity index (χ1v) is 9.36. The maximum absolute atomic E-state index is 12.4. The second-order valence-electron chi connectivity index (χ2n) is 9.00. The monoisotopic (exact) mass is 324 g/mol. The van der Waals surface area contributed by atoms with E-state index < -0.39 is 5.60 Å². The summed E-state index contributed by atoms with van der Waals surface area (Å²) in [6, 6.07) is 0.765. The van der Waals surface area contributed by atoms with Crippen molar-refractivity contribution in [1.29, 1.82) is 0 Å². The first-order chi connectivity index (χ1) is 10.6. The largest absolute Gasteiger partial charge is 0.444 e. The van der Waals surface area contributed by atoms with Crippen LogP contribution in [0.5, 0.6) is 0 Å². The molecule has 1 aliphatic heterocycles. The van der Waals surface area contributed by atoms with Gasteiger partial charge < -0.3 is 15.0 Å². The number of hydrogen-bond acceptors (Lipinski definition) is 3. The molecule has 1 aliphatic carbocycles. The van der Waals surface area contributed by atoms with Crippen LogP contribution in [0.2, 0.25) is 0 Å². The van der Waals surface area contributed by atoms with Gasteiger partial charge in [-0.2, -0.15) is 0 Å². The molecule has 23 heavy (non-hydrogen) atoms. The van der Waals surface area contributed by atoms with Crippen LogP contribution in [0.1, 0.15) is 73.6 Å². The SMILES string of the molecule is CC(CC1CCCN1C(=O)OC(C)(C)C)NCC1(C(C)C)CC1. The summed E-state index contributed by atoms with van der Waals surface area (Å²) < 4.78 is 5.56. The van der Waals surface area contributed by atoms with Gasteiger partial charge in [0, 0.05) is 25.2 Å². The van der Waals surface area contributed by atoms with Gasteiger partial charge >= 0.3 is 6.09 Å². The number of nitrogens with zero attached hydrogens (tertiary/aromatic N) is 1. The first-order valence-electron chi connectivity index (χ1n) is 9.36. The van der Waals surface area contributed by atoms with Crippen LogP contribution < -0.4 is 5.32 Å². The molecule has 2 unspecified atom stereocenters. The smallest absolute Gasteiger partial charge is 0.410 e. The fourth-order valence-corrected chi connectivity index (χ4v) is 3.63. The van der Waals surface area contributed by atoms with E-state index in [-0.39, 0.29) is 6.09 Å². The van der Waals surface area contributed by atoms with Crippen LogP contribution in [0.3, 0.4) is 0 Å². The van der Waals surface area contributed by atoms with Crippen LogP contribution in [-0.2, 0) is 4.74 Å². The second kappa shape index (κ2) is 7.00. The molecule has 0 aromatic carbocycles. The molecule has 1 heterocycles. The molecule has 2 fully saturated rings. The Kier molecular flexibility index (Phi) is 5.65. The van der Waals surface area contributed by atoms with Gasteiger partial charge in [-0.25, -0.2) is 4.79 Å². The Morgan fingerprint density at radius 3 is 2.48 bits per heavy atom. The highest BCUT2D eigenvalue weighted by Gasteiger charge is 2.45. The van der Waals surface area contributed by atoms with Crippen molar-refractivity contribution < 1.29 is 9.53 Å². The summed E-state index contributed by atoms with van der Waals surface area (Å²) in [5, 5.41) is 3.72. The Morgan fingerprint density at radius 1 is 1.30 bits per heavy atom. The van der Waals surface area contributed by atoms with E-state index in [1.807, 2.05) is 25.7 Å². The molecule has 0 aromatic rings. The number of amides is 1. The van der Waals surface area contributed by atoms with Crippen molar-refractivity contribution in [3.05, 3.63) is 0 Å². The van der Waals surface area contributed by atoms with E-state index in [1.54, 1.807) is 0 Å². The van der Waals surface area contributed by atoms with Gasteiger partial charge in [-0.05, 0) is 71.1 Å². The normalized spacial score (nSPS) is 24.8. The molecule has 2 atom stereocenters. The lowest BCUT2D eigenvalue weighted by atomic mass is 9.92. The molecule has 1 saturated carbocycles. The van der Waals surface area contributed by atoms with E-state index in [0.717, 1.165) is 38.3 Å². The highest BCUT2D eigenvalue weighted by Crippen LogP contribution is 2.51. The predicted octanol–water partition coefficient (Wildman–Crippen LogP) is 4.19. The van der Waals surface area contributed by atoms with Crippen LogP contribution >= 0.6 is 0 Å². The Hall–Kier alpha value is -0.770. The highest BCUT2D eigenvalue weighted by molar-refractivity contribution is 5.68. The topological polar surface area (TPSA) is 41.6 Å². The predicted molar refractivity (Wildman–Crippen MR) is 94.5 cm³/mol. The molecular formula is C19H36N2O2. The third-order valence-corrected chi connectivity index (χ3v) is 5.55. The number of nitrogens with one attached hydrogen (secondary N) is 1. The van der Waals surface area contributed by atoms with Crippen LogP contribution in [0, 0.1) is 11.3 Å². The van der Waals surface area contributed by atoms with Crippen molar-refractivity contribution in [2.45, 2.75) is 91.3 Å². The van der Waals surface area contributed by atoms with E-state index in [4.69, 9.17) is 4.74 Å². The molecule has 1 saturated heterocycles. The number of carbonyl (C=O) groups excluding carboxylic acids is 1. The summed E-state index contributed by atoms with van der Waals surface area (Å²) >= 11 is 0. The molecule has 0 aromatic heterocycles. The van der Waals surface area contributed by atoms with Crippen molar-refractivity contribution in [3.63, 3.8) is 0 Å². The molecule has 1 amide bonds. The van der Waals surface area contributed by atoms with E-state index in [2.05, 4.69) is 26.1 Å². The van der Waals surface area contributed by atoms with Crippen molar-refractivity contribution in [2.75, 3.05) is 13.1 Å².